The minimum Gasteiger partial charge on any atom is -0.331 e. The molecule has 0 amide bonds. The molecule has 2 aromatic carbocycles. The number of anilines is 2. The van der Waals surface area contributed by atoms with Crippen molar-refractivity contribution in [2.75, 3.05) is 5.32 Å². The summed E-state index contributed by atoms with van der Waals surface area (Å²) in [6.45, 7) is 0. The Labute approximate surface area is 139 Å². The fourth-order valence-corrected chi connectivity index (χ4v) is 3.20. The second-order valence-corrected chi connectivity index (χ2v) is 6.52. The monoisotopic (exact) mass is 370 g/mol. The largest absolute Gasteiger partial charge is 0.331 e. The SMILES string of the molecule is Brc1ccc(Nc2nc(-n3cnc4ccccc43)cs2)cc1. The first-order valence-corrected chi connectivity index (χ1v) is 8.37. The van der Waals surface area contributed by atoms with Gasteiger partial charge in [0.2, 0.25) is 0 Å². The molecule has 6 heteroatoms. The van der Waals surface area contributed by atoms with Crippen LogP contribution < -0.4 is 5.32 Å². The van der Waals surface area contributed by atoms with Crippen molar-refractivity contribution in [1.29, 1.82) is 0 Å². The summed E-state index contributed by atoms with van der Waals surface area (Å²) in [4.78, 5) is 9.04. The molecular formula is C16H11BrN4S. The Morgan fingerprint density at radius 1 is 1.05 bits per heavy atom. The number of para-hydroxylation sites is 2. The zero-order valence-electron chi connectivity index (χ0n) is 11.4. The number of imidazole rings is 1. The van der Waals surface area contributed by atoms with Crippen LogP contribution in [-0.2, 0) is 0 Å². The summed E-state index contributed by atoms with van der Waals surface area (Å²) in [5, 5.41) is 6.19. The van der Waals surface area contributed by atoms with Gasteiger partial charge in [0.1, 0.15) is 6.33 Å². The van der Waals surface area contributed by atoms with Crippen LogP contribution in [0.4, 0.5) is 10.8 Å². The van der Waals surface area contributed by atoms with Gasteiger partial charge in [0.25, 0.3) is 0 Å². The molecule has 0 aliphatic carbocycles. The van der Waals surface area contributed by atoms with Crippen molar-refractivity contribution in [2.24, 2.45) is 0 Å². The van der Waals surface area contributed by atoms with Crippen LogP contribution in [-0.4, -0.2) is 14.5 Å². The molecule has 2 heterocycles. The summed E-state index contributed by atoms with van der Waals surface area (Å²) in [6.07, 6.45) is 1.81. The molecule has 0 aliphatic heterocycles. The van der Waals surface area contributed by atoms with Crippen LogP contribution in [0.15, 0.2) is 64.7 Å². The number of hydrogen-bond acceptors (Lipinski definition) is 4. The Balaban J connectivity index is 1.65. The standard InChI is InChI=1S/C16H11BrN4S/c17-11-5-7-12(8-6-11)19-16-20-15(9-22-16)21-10-18-13-3-1-2-4-14(13)21/h1-10H,(H,19,20). The van der Waals surface area contributed by atoms with E-state index < -0.39 is 0 Å². The van der Waals surface area contributed by atoms with Crippen molar-refractivity contribution < 1.29 is 0 Å². The zero-order chi connectivity index (χ0) is 14.9. The van der Waals surface area contributed by atoms with E-state index in [0.717, 1.165) is 32.1 Å². The molecule has 0 spiro atoms. The molecule has 0 saturated carbocycles. The molecule has 0 atom stereocenters. The smallest absolute Gasteiger partial charge is 0.189 e. The Bertz CT molecular complexity index is 927. The molecule has 2 aromatic heterocycles. The number of halogens is 1. The molecule has 0 bridgehead atoms. The van der Waals surface area contributed by atoms with Gasteiger partial charge in [0.15, 0.2) is 10.9 Å². The van der Waals surface area contributed by atoms with Crippen LogP contribution in [0.3, 0.4) is 0 Å². The van der Waals surface area contributed by atoms with Crippen LogP contribution in [0, 0.1) is 0 Å². The van der Waals surface area contributed by atoms with E-state index in [-0.39, 0.29) is 0 Å². The summed E-state index contributed by atoms with van der Waals surface area (Å²) in [7, 11) is 0. The van der Waals surface area contributed by atoms with Crippen molar-refractivity contribution in [3.05, 3.63) is 64.7 Å². The second-order valence-electron chi connectivity index (χ2n) is 4.75. The average molecular weight is 371 g/mol. The predicted octanol–water partition coefficient (Wildman–Crippen LogP) is 4.99. The molecule has 0 radical (unpaired) electrons. The molecule has 4 rings (SSSR count). The number of nitrogens with one attached hydrogen (secondary N) is 1. The van der Waals surface area contributed by atoms with Gasteiger partial charge in [-0.25, -0.2) is 9.97 Å². The Morgan fingerprint density at radius 2 is 1.86 bits per heavy atom. The van der Waals surface area contributed by atoms with Gasteiger partial charge in [-0.05, 0) is 36.4 Å². The lowest BCUT2D eigenvalue weighted by atomic mass is 10.3. The third-order valence-electron chi connectivity index (χ3n) is 3.29. The molecule has 4 aromatic rings. The van der Waals surface area contributed by atoms with Gasteiger partial charge in [-0.2, -0.15) is 0 Å². The van der Waals surface area contributed by atoms with E-state index in [9.17, 15) is 0 Å². The summed E-state index contributed by atoms with van der Waals surface area (Å²) < 4.78 is 3.06. The van der Waals surface area contributed by atoms with Gasteiger partial charge in [-0.1, -0.05) is 28.1 Å². The lowest BCUT2D eigenvalue weighted by Gasteiger charge is -2.02. The molecular weight excluding hydrogens is 360 g/mol. The Morgan fingerprint density at radius 3 is 2.73 bits per heavy atom. The van der Waals surface area contributed by atoms with Gasteiger partial charge in [-0.15, -0.1) is 11.3 Å². The molecule has 108 valence electrons. The minimum absolute atomic E-state index is 0.857. The average Bonchev–Trinajstić information content (AvgIpc) is 3.16. The van der Waals surface area contributed by atoms with Crippen LogP contribution in [0.5, 0.6) is 0 Å². The summed E-state index contributed by atoms with van der Waals surface area (Å²) in [6, 6.07) is 16.1. The number of aromatic nitrogens is 3. The van der Waals surface area contributed by atoms with E-state index in [2.05, 4.69) is 31.2 Å². The van der Waals surface area contributed by atoms with Gasteiger partial charge < -0.3 is 5.32 Å². The van der Waals surface area contributed by atoms with Crippen molar-refractivity contribution >= 4 is 49.1 Å². The number of thiazole rings is 1. The van der Waals surface area contributed by atoms with Crippen molar-refractivity contribution in [1.82, 2.24) is 14.5 Å². The minimum atomic E-state index is 0.857. The lowest BCUT2D eigenvalue weighted by molar-refractivity contribution is 1.04. The highest BCUT2D eigenvalue weighted by atomic mass is 79.9. The first-order valence-electron chi connectivity index (χ1n) is 6.70. The van der Waals surface area contributed by atoms with E-state index in [1.54, 1.807) is 11.3 Å². The quantitative estimate of drug-likeness (QED) is 0.552. The molecule has 0 saturated heterocycles. The van der Waals surface area contributed by atoms with E-state index in [1.807, 2.05) is 64.8 Å². The number of rotatable bonds is 3. The van der Waals surface area contributed by atoms with E-state index in [0.29, 0.717) is 0 Å². The van der Waals surface area contributed by atoms with Gasteiger partial charge in [-0.3, -0.25) is 4.57 Å². The molecule has 0 aliphatic rings. The van der Waals surface area contributed by atoms with E-state index in [1.165, 1.54) is 0 Å². The fourth-order valence-electron chi connectivity index (χ4n) is 2.23. The third kappa shape index (κ3) is 2.51. The molecule has 22 heavy (non-hydrogen) atoms. The normalized spacial score (nSPS) is 11.0. The van der Waals surface area contributed by atoms with Gasteiger partial charge in [0, 0.05) is 15.5 Å². The van der Waals surface area contributed by atoms with Crippen molar-refractivity contribution in [3.8, 4) is 5.82 Å². The van der Waals surface area contributed by atoms with Crippen molar-refractivity contribution in [3.63, 3.8) is 0 Å². The highest BCUT2D eigenvalue weighted by Crippen LogP contribution is 2.25. The Kier molecular flexibility index (Phi) is 3.40. The van der Waals surface area contributed by atoms with Crippen LogP contribution in [0.2, 0.25) is 0 Å². The molecule has 1 N–H and O–H groups in total. The second kappa shape index (κ2) is 5.55. The molecule has 0 fully saturated rings. The highest BCUT2D eigenvalue weighted by Gasteiger charge is 2.08. The highest BCUT2D eigenvalue weighted by molar-refractivity contribution is 9.10. The zero-order valence-corrected chi connectivity index (χ0v) is 13.8. The van der Waals surface area contributed by atoms with Crippen LogP contribution in [0.1, 0.15) is 0 Å². The number of hydrogen-bond donors (Lipinski definition) is 1. The number of nitrogens with zero attached hydrogens (tertiary/aromatic N) is 3. The lowest BCUT2D eigenvalue weighted by Crippen LogP contribution is -1.94. The molecule has 0 unspecified atom stereocenters. The topological polar surface area (TPSA) is 42.7 Å². The van der Waals surface area contributed by atoms with E-state index in [4.69, 9.17) is 0 Å². The van der Waals surface area contributed by atoms with Gasteiger partial charge >= 0.3 is 0 Å². The summed E-state index contributed by atoms with van der Waals surface area (Å²) in [5.41, 5.74) is 3.04. The van der Waals surface area contributed by atoms with Crippen molar-refractivity contribution in [2.45, 2.75) is 0 Å². The summed E-state index contributed by atoms with van der Waals surface area (Å²) in [5.74, 6) is 0.873. The summed E-state index contributed by atoms with van der Waals surface area (Å²) >= 11 is 5.01. The fraction of sp³-hybridized carbons (Fsp3) is 0. The maximum atomic E-state index is 4.64. The van der Waals surface area contributed by atoms with Crippen LogP contribution in [0.25, 0.3) is 16.9 Å². The Hall–Kier alpha value is -2.18. The predicted molar refractivity (Wildman–Crippen MR) is 94.2 cm³/mol. The van der Waals surface area contributed by atoms with Crippen LogP contribution >= 0.6 is 27.3 Å². The maximum absolute atomic E-state index is 4.64. The molecule has 4 nitrogen and oxygen atoms in total. The first-order chi connectivity index (χ1) is 10.8. The first kappa shape index (κ1) is 13.5. The van der Waals surface area contributed by atoms with E-state index >= 15 is 0 Å². The maximum Gasteiger partial charge on any atom is 0.189 e. The number of benzene rings is 2. The number of fused-ring (bicyclic) bond motifs is 1. The van der Waals surface area contributed by atoms with Gasteiger partial charge in [0.05, 0.1) is 11.0 Å². The third-order valence-corrected chi connectivity index (χ3v) is 4.56.